The molecule has 0 atom stereocenters. The molecule has 2 aromatic rings. The molecule has 1 aliphatic heterocycles. The fourth-order valence-corrected chi connectivity index (χ4v) is 3.30. The minimum absolute atomic E-state index is 0. The lowest BCUT2D eigenvalue weighted by molar-refractivity contribution is 0.0934. The van der Waals surface area contributed by atoms with Gasteiger partial charge in [0, 0.05) is 10.7 Å². The van der Waals surface area contributed by atoms with Gasteiger partial charge in [-0.15, -0.1) is 23.7 Å². The van der Waals surface area contributed by atoms with Gasteiger partial charge in [-0.1, -0.05) is 0 Å². The van der Waals surface area contributed by atoms with Crippen LogP contribution in [0.25, 0.3) is 10.1 Å². The number of carbonyl (C=O) groups is 1. The molecular formula is C14H16ClFN2OS. The first-order chi connectivity index (χ1) is 9.22. The van der Waals surface area contributed by atoms with Crippen molar-refractivity contribution in [2.75, 3.05) is 13.1 Å². The van der Waals surface area contributed by atoms with E-state index in [9.17, 15) is 9.18 Å². The highest BCUT2D eigenvalue weighted by atomic mass is 35.5. The summed E-state index contributed by atoms with van der Waals surface area (Å²) in [5.74, 6) is -0.316. The van der Waals surface area contributed by atoms with Crippen LogP contribution < -0.4 is 10.6 Å². The number of benzene rings is 1. The molecule has 2 heterocycles. The number of hydrogen-bond acceptors (Lipinski definition) is 3. The van der Waals surface area contributed by atoms with Crippen molar-refractivity contribution in [3.05, 3.63) is 35.0 Å². The Balaban J connectivity index is 0.00000147. The summed E-state index contributed by atoms with van der Waals surface area (Å²) < 4.78 is 14.1. The second-order valence-electron chi connectivity index (χ2n) is 4.79. The van der Waals surface area contributed by atoms with E-state index < -0.39 is 0 Å². The number of nitrogens with one attached hydrogen (secondary N) is 2. The molecule has 1 aromatic heterocycles. The topological polar surface area (TPSA) is 41.1 Å². The van der Waals surface area contributed by atoms with Crippen LogP contribution in [0.15, 0.2) is 24.3 Å². The molecular weight excluding hydrogens is 299 g/mol. The third kappa shape index (κ3) is 3.29. The second-order valence-corrected chi connectivity index (χ2v) is 5.87. The molecule has 3 nitrogen and oxygen atoms in total. The predicted octanol–water partition coefficient (Wildman–Crippen LogP) is 2.94. The largest absolute Gasteiger partial charge is 0.349 e. The number of piperidine rings is 1. The Morgan fingerprint density at radius 2 is 2.05 bits per heavy atom. The van der Waals surface area contributed by atoms with Crippen LogP contribution >= 0.6 is 23.7 Å². The molecule has 0 bridgehead atoms. The third-order valence-electron chi connectivity index (χ3n) is 3.38. The standard InChI is InChI=1S/C14H15FN2OS.ClH/c15-10-1-2-12-9(7-10)8-13(19-12)14(18)17-11-3-5-16-6-4-11;/h1-2,7-8,11,16H,3-6H2,(H,17,18);1H. The summed E-state index contributed by atoms with van der Waals surface area (Å²) in [6.45, 7) is 1.89. The van der Waals surface area contributed by atoms with E-state index in [0.717, 1.165) is 36.0 Å². The lowest BCUT2D eigenvalue weighted by atomic mass is 10.1. The molecule has 0 aliphatic carbocycles. The van der Waals surface area contributed by atoms with Gasteiger partial charge in [0.2, 0.25) is 0 Å². The van der Waals surface area contributed by atoms with Crippen molar-refractivity contribution < 1.29 is 9.18 Å². The molecule has 0 radical (unpaired) electrons. The SMILES string of the molecule is Cl.O=C(NC1CCNCC1)c1cc2cc(F)ccc2s1. The Hall–Kier alpha value is -1.17. The molecule has 1 aromatic carbocycles. The van der Waals surface area contributed by atoms with Gasteiger partial charge in [0.15, 0.2) is 0 Å². The van der Waals surface area contributed by atoms with Crippen molar-refractivity contribution in [3.63, 3.8) is 0 Å². The van der Waals surface area contributed by atoms with Crippen LogP contribution in [0.1, 0.15) is 22.5 Å². The highest BCUT2D eigenvalue weighted by molar-refractivity contribution is 7.20. The molecule has 1 fully saturated rings. The zero-order valence-corrected chi connectivity index (χ0v) is 12.5. The van der Waals surface area contributed by atoms with Gasteiger partial charge >= 0.3 is 0 Å². The predicted molar refractivity (Wildman–Crippen MR) is 82.4 cm³/mol. The average molecular weight is 315 g/mol. The van der Waals surface area contributed by atoms with Crippen LogP contribution in [0, 0.1) is 5.82 Å². The van der Waals surface area contributed by atoms with Crippen molar-refractivity contribution in [2.45, 2.75) is 18.9 Å². The average Bonchev–Trinajstić information content (AvgIpc) is 2.83. The van der Waals surface area contributed by atoms with Gasteiger partial charge in [0.05, 0.1) is 4.88 Å². The van der Waals surface area contributed by atoms with E-state index in [4.69, 9.17) is 0 Å². The van der Waals surface area contributed by atoms with E-state index in [1.807, 2.05) is 0 Å². The number of thiophene rings is 1. The lowest BCUT2D eigenvalue weighted by Gasteiger charge is -2.23. The van der Waals surface area contributed by atoms with Crippen molar-refractivity contribution >= 4 is 39.7 Å². The van der Waals surface area contributed by atoms with Crippen molar-refractivity contribution in [2.24, 2.45) is 0 Å². The van der Waals surface area contributed by atoms with Gasteiger partial charge in [-0.25, -0.2) is 4.39 Å². The molecule has 108 valence electrons. The Morgan fingerprint density at radius 3 is 2.80 bits per heavy atom. The molecule has 1 saturated heterocycles. The third-order valence-corrected chi connectivity index (χ3v) is 4.49. The molecule has 6 heteroatoms. The zero-order chi connectivity index (χ0) is 13.2. The van der Waals surface area contributed by atoms with Gasteiger partial charge < -0.3 is 10.6 Å². The first-order valence-corrected chi connectivity index (χ1v) is 7.25. The van der Waals surface area contributed by atoms with E-state index in [2.05, 4.69) is 10.6 Å². The minimum Gasteiger partial charge on any atom is -0.349 e. The number of amides is 1. The summed E-state index contributed by atoms with van der Waals surface area (Å²) in [6, 6.07) is 6.62. The minimum atomic E-state index is -0.268. The maximum Gasteiger partial charge on any atom is 0.261 e. The molecule has 0 saturated carbocycles. The smallest absolute Gasteiger partial charge is 0.261 e. The number of hydrogen-bond donors (Lipinski definition) is 2. The van der Waals surface area contributed by atoms with Crippen LogP contribution in [0.4, 0.5) is 4.39 Å². The fraction of sp³-hybridized carbons (Fsp3) is 0.357. The van der Waals surface area contributed by atoms with Crippen LogP contribution in [-0.2, 0) is 0 Å². The van der Waals surface area contributed by atoms with E-state index in [1.165, 1.54) is 23.5 Å². The van der Waals surface area contributed by atoms with Crippen LogP contribution in [0.5, 0.6) is 0 Å². The van der Waals surface area contributed by atoms with Crippen molar-refractivity contribution in [3.8, 4) is 0 Å². The first kappa shape index (κ1) is 15.2. The molecule has 3 rings (SSSR count). The number of halogens is 2. The van der Waals surface area contributed by atoms with E-state index in [-0.39, 0.29) is 30.2 Å². The summed E-state index contributed by atoms with van der Waals surface area (Å²) >= 11 is 1.41. The number of carbonyl (C=O) groups excluding carboxylic acids is 1. The van der Waals surface area contributed by atoms with Crippen molar-refractivity contribution in [1.82, 2.24) is 10.6 Å². The van der Waals surface area contributed by atoms with E-state index >= 15 is 0 Å². The molecule has 1 amide bonds. The molecule has 20 heavy (non-hydrogen) atoms. The highest BCUT2D eigenvalue weighted by Crippen LogP contribution is 2.26. The highest BCUT2D eigenvalue weighted by Gasteiger charge is 2.17. The number of fused-ring (bicyclic) bond motifs is 1. The van der Waals surface area contributed by atoms with Gasteiger partial charge in [0.1, 0.15) is 5.82 Å². The summed E-state index contributed by atoms with van der Waals surface area (Å²) in [6.07, 6.45) is 1.93. The van der Waals surface area contributed by atoms with E-state index in [0.29, 0.717) is 4.88 Å². The molecule has 1 aliphatic rings. The van der Waals surface area contributed by atoms with Gasteiger partial charge in [-0.05, 0) is 55.6 Å². The Bertz CT molecular complexity index is 610. The summed E-state index contributed by atoms with van der Waals surface area (Å²) in [5.41, 5.74) is 0. The fourth-order valence-electron chi connectivity index (χ4n) is 2.35. The quantitative estimate of drug-likeness (QED) is 0.895. The van der Waals surface area contributed by atoms with Gasteiger partial charge in [0.25, 0.3) is 5.91 Å². The zero-order valence-electron chi connectivity index (χ0n) is 10.8. The Labute approximate surface area is 127 Å². The summed E-state index contributed by atoms with van der Waals surface area (Å²) in [4.78, 5) is 12.8. The Morgan fingerprint density at radius 1 is 1.30 bits per heavy atom. The van der Waals surface area contributed by atoms with Crippen LogP contribution in [0.2, 0.25) is 0 Å². The van der Waals surface area contributed by atoms with Crippen LogP contribution in [-0.4, -0.2) is 25.0 Å². The number of rotatable bonds is 2. The monoisotopic (exact) mass is 314 g/mol. The molecule has 0 unspecified atom stereocenters. The van der Waals surface area contributed by atoms with Crippen molar-refractivity contribution in [1.29, 1.82) is 0 Å². The first-order valence-electron chi connectivity index (χ1n) is 6.43. The maximum absolute atomic E-state index is 13.1. The lowest BCUT2D eigenvalue weighted by Crippen LogP contribution is -2.42. The normalized spacial score (nSPS) is 15.8. The van der Waals surface area contributed by atoms with Gasteiger partial charge in [-0.3, -0.25) is 4.79 Å². The van der Waals surface area contributed by atoms with Crippen LogP contribution in [0.3, 0.4) is 0 Å². The Kier molecular flexibility index (Phi) is 4.96. The molecule has 2 N–H and O–H groups in total. The maximum atomic E-state index is 13.1. The van der Waals surface area contributed by atoms with Gasteiger partial charge in [-0.2, -0.15) is 0 Å². The summed E-state index contributed by atoms with van der Waals surface area (Å²) in [5, 5.41) is 7.11. The van der Waals surface area contributed by atoms with E-state index in [1.54, 1.807) is 12.1 Å². The summed E-state index contributed by atoms with van der Waals surface area (Å²) in [7, 11) is 0. The second kappa shape index (κ2) is 6.52. The molecule has 0 spiro atoms.